The predicted octanol–water partition coefficient (Wildman–Crippen LogP) is 2.69. The fourth-order valence-electron chi connectivity index (χ4n) is 2.09. The minimum Gasteiger partial charge on any atom is -0.459 e. The van der Waals surface area contributed by atoms with Crippen LogP contribution in [-0.2, 0) is 32.4 Å². The Balaban J connectivity index is 2.31. The normalized spacial score (nSPS) is 10.5. The van der Waals surface area contributed by atoms with Gasteiger partial charge in [0, 0.05) is 6.42 Å². The van der Waals surface area contributed by atoms with Crippen molar-refractivity contribution >= 4 is 11.9 Å². The maximum absolute atomic E-state index is 11.7. The van der Waals surface area contributed by atoms with Crippen molar-refractivity contribution in [2.75, 3.05) is 6.54 Å². The monoisotopic (exact) mass is 364 g/mol. The largest absolute Gasteiger partial charge is 0.459 e. The first kappa shape index (κ1) is 21.1. The molecule has 8 heteroatoms. The van der Waals surface area contributed by atoms with Crippen molar-refractivity contribution in [1.29, 1.82) is 0 Å². The Morgan fingerprint density at radius 2 is 1.88 bits per heavy atom. The number of allylic oxidation sites excluding steroid dienone is 2. The van der Waals surface area contributed by atoms with Crippen LogP contribution in [0, 0.1) is 10.1 Å². The van der Waals surface area contributed by atoms with Crippen molar-refractivity contribution in [2.45, 2.75) is 45.8 Å². The van der Waals surface area contributed by atoms with E-state index < -0.39 is 11.1 Å². The summed E-state index contributed by atoms with van der Waals surface area (Å²) >= 11 is 0. The van der Waals surface area contributed by atoms with Gasteiger partial charge in [0.25, 0.3) is 5.09 Å². The first-order valence-electron chi connectivity index (χ1n) is 8.44. The number of carbonyl (C=O) groups excluding carboxylic acids is 2. The van der Waals surface area contributed by atoms with E-state index in [9.17, 15) is 19.7 Å². The first-order chi connectivity index (χ1) is 12.5. The molecule has 0 bridgehead atoms. The smallest absolute Gasteiger partial charge is 0.325 e. The van der Waals surface area contributed by atoms with Crippen LogP contribution in [0.4, 0.5) is 0 Å². The summed E-state index contributed by atoms with van der Waals surface area (Å²) in [5.74, 6) is -0.777. The van der Waals surface area contributed by atoms with Gasteiger partial charge in [-0.2, -0.15) is 0 Å². The zero-order valence-electron chi connectivity index (χ0n) is 14.8. The number of benzene rings is 1. The van der Waals surface area contributed by atoms with Crippen LogP contribution in [0.3, 0.4) is 0 Å². The molecular weight excluding hydrogens is 340 g/mol. The van der Waals surface area contributed by atoms with Gasteiger partial charge in [-0.3, -0.25) is 9.59 Å². The average Bonchev–Trinajstić information content (AvgIpc) is 2.63. The third-order valence-corrected chi connectivity index (χ3v) is 3.44. The molecule has 0 fully saturated rings. The summed E-state index contributed by atoms with van der Waals surface area (Å²) in [5, 5.41) is 11.9. The van der Waals surface area contributed by atoms with Gasteiger partial charge in [0.1, 0.15) is 19.8 Å². The molecule has 1 amide bonds. The van der Waals surface area contributed by atoms with Crippen LogP contribution in [0.25, 0.3) is 0 Å². The fourth-order valence-corrected chi connectivity index (χ4v) is 2.09. The van der Waals surface area contributed by atoms with Gasteiger partial charge in [-0.15, -0.1) is 10.1 Å². The topological polar surface area (TPSA) is 108 Å². The third kappa shape index (κ3) is 9.41. The van der Waals surface area contributed by atoms with Crippen LogP contribution in [0.15, 0.2) is 36.4 Å². The van der Waals surface area contributed by atoms with E-state index >= 15 is 0 Å². The molecule has 0 aliphatic carbocycles. The summed E-state index contributed by atoms with van der Waals surface area (Å²) in [6.45, 7) is 1.57. The second-order valence-electron chi connectivity index (χ2n) is 5.48. The molecule has 1 aromatic rings. The molecule has 1 rings (SSSR count). The lowest BCUT2D eigenvalue weighted by Crippen LogP contribution is -2.30. The molecule has 0 aromatic heterocycles. The third-order valence-electron chi connectivity index (χ3n) is 3.44. The van der Waals surface area contributed by atoms with Gasteiger partial charge in [-0.05, 0) is 30.4 Å². The number of amides is 1. The number of nitrogens with zero attached hydrogens (tertiary/aromatic N) is 1. The summed E-state index contributed by atoms with van der Waals surface area (Å²) in [6, 6.07) is 6.78. The quantitative estimate of drug-likeness (QED) is 0.201. The van der Waals surface area contributed by atoms with Crippen LogP contribution < -0.4 is 5.32 Å². The molecule has 142 valence electrons. The Morgan fingerprint density at radius 1 is 1.19 bits per heavy atom. The lowest BCUT2D eigenvalue weighted by molar-refractivity contribution is -0.763. The molecule has 0 unspecified atom stereocenters. The molecule has 0 radical (unpaired) electrons. The van der Waals surface area contributed by atoms with E-state index in [4.69, 9.17) is 4.74 Å². The van der Waals surface area contributed by atoms with Crippen LogP contribution in [0.5, 0.6) is 0 Å². The average molecular weight is 364 g/mol. The minimum atomic E-state index is -0.879. The maximum atomic E-state index is 11.7. The molecule has 1 N–H and O–H groups in total. The Bertz CT molecular complexity index is 630. The highest BCUT2D eigenvalue weighted by molar-refractivity contribution is 5.81. The van der Waals surface area contributed by atoms with E-state index in [1.54, 1.807) is 24.3 Å². The lowest BCUT2D eigenvalue weighted by atomic mass is 10.1. The number of hydrogen-bond acceptors (Lipinski definition) is 6. The standard InChI is InChI=1S/C18H24N2O6/c1-2-3-4-5-6-11-17(21)19-12-18(22)25-13-15-9-7-8-10-16(15)14-26-20(23)24/h3-4,7-10H,2,5-6,11-14H2,1H3,(H,19,21)/b4-3-. The van der Waals surface area contributed by atoms with Crippen molar-refractivity contribution in [3.63, 3.8) is 0 Å². The number of hydrogen-bond donors (Lipinski definition) is 1. The number of carbonyl (C=O) groups is 2. The molecule has 8 nitrogen and oxygen atoms in total. The molecule has 0 aliphatic heterocycles. The highest BCUT2D eigenvalue weighted by Crippen LogP contribution is 2.11. The van der Waals surface area contributed by atoms with Gasteiger partial charge in [0.2, 0.25) is 5.91 Å². The molecule has 0 spiro atoms. The predicted molar refractivity (Wildman–Crippen MR) is 94.3 cm³/mol. The molecule has 0 saturated heterocycles. The van der Waals surface area contributed by atoms with Crippen LogP contribution >= 0.6 is 0 Å². The van der Waals surface area contributed by atoms with Gasteiger partial charge in [-0.1, -0.05) is 43.3 Å². The Morgan fingerprint density at radius 3 is 2.54 bits per heavy atom. The number of nitrogens with one attached hydrogen (secondary N) is 1. The van der Waals surface area contributed by atoms with Crippen LogP contribution in [0.2, 0.25) is 0 Å². The van der Waals surface area contributed by atoms with Crippen molar-refractivity contribution in [1.82, 2.24) is 5.32 Å². The summed E-state index contributed by atoms with van der Waals surface area (Å²) in [4.78, 5) is 38.0. The molecule has 0 heterocycles. The molecular formula is C18H24N2O6. The summed E-state index contributed by atoms with van der Waals surface area (Å²) < 4.78 is 5.09. The van der Waals surface area contributed by atoms with Gasteiger partial charge >= 0.3 is 5.97 Å². The molecule has 0 atom stereocenters. The van der Waals surface area contributed by atoms with Gasteiger partial charge < -0.3 is 14.9 Å². The molecule has 0 saturated carbocycles. The number of ether oxygens (including phenoxy) is 1. The fraction of sp³-hybridized carbons (Fsp3) is 0.444. The summed E-state index contributed by atoms with van der Waals surface area (Å²) in [6.07, 6.45) is 6.95. The zero-order valence-corrected chi connectivity index (χ0v) is 14.8. The molecule has 1 aromatic carbocycles. The highest BCUT2D eigenvalue weighted by atomic mass is 16.9. The zero-order chi connectivity index (χ0) is 19.2. The lowest BCUT2D eigenvalue weighted by Gasteiger charge is -2.10. The van der Waals surface area contributed by atoms with Crippen molar-refractivity contribution in [3.05, 3.63) is 57.7 Å². The number of esters is 1. The van der Waals surface area contributed by atoms with Gasteiger partial charge in [0.05, 0.1) is 0 Å². The second-order valence-corrected chi connectivity index (χ2v) is 5.48. The number of unbranched alkanes of at least 4 members (excludes halogenated alkanes) is 1. The Labute approximate surface area is 152 Å². The Kier molecular flexibility index (Phi) is 10.1. The molecule has 0 aliphatic rings. The highest BCUT2D eigenvalue weighted by Gasteiger charge is 2.09. The number of rotatable bonds is 12. The van der Waals surface area contributed by atoms with Gasteiger partial charge in [0.15, 0.2) is 0 Å². The van der Waals surface area contributed by atoms with Crippen molar-refractivity contribution in [2.24, 2.45) is 0 Å². The van der Waals surface area contributed by atoms with Crippen LogP contribution in [0.1, 0.15) is 43.7 Å². The van der Waals surface area contributed by atoms with E-state index in [1.165, 1.54) is 0 Å². The Hall–Kier alpha value is -2.90. The van der Waals surface area contributed by atoms with E-state index in [-0.39, 0.29) is 25.7 Å². The van der Waals surface area contributed by atoms with Crippen LogP contribution in [-0.4, -0.2) is 23.5 Å². The summed E-state index contributed by atoms with van der Waals surface area (Å²) in [7, 11) is 0. The minimum absolute atomic E-state index is 0.0479. The summed E-state index contributed by atoms with van der Waals surface area (Å²) in [5.41, 5.74) is 1.16. The van der Waals surface area contributed by atoms with E-state index in [2.05, 4.69) is 10.2 Å². The maximum Gasteiger partial charge on any atom is 0.325 e. The van der Waals surface area contributed by atoms with Crippen molar-refractivity contribution < 1.29 is 24.3 Å². The second kappa shape index (κ2) is 12.5. The van der Waals surface area contributed by atoms with E-state index in [0.717, 1.165) is 19.3 Å². The molecule has 26 heavy (non-hydrogen) atoms. The van der Waals surface area contributed by atoms with E-state index in [1.807, 2.05) is 19.1 Å². The van der Waals surface area contributed by atoms with Crippen molar-refractivity contribution in [3.8, 4) is 0 Å². The first-order valence-corrected chi connectivity index (χ1v) is 8.44. The van der Waals surface area contributed by atoms with Gasteiger partial charge in [-0.25, -0.2) is 0 Å². The SMILES string of the molecule is CC/C=C\CCCC(=O)NCC(=O)OCc1ccccc1CO[N+](=O)[O-]. The van der Waals surface area contributed by atoms with E-state index in [0.29, 0.717) is 17.5 Å².